The van der Waals surface area contributed by atoms with Crippen molar-refractivity contribution in [3.05, 3.63) is 77.0 Å². The first kappa shape index (κ1) is 21.3. The van der Waals surface area contributed by atoms with Crippen LogP contribution in [0.25, 0.3) is 0 Å². The van der Waals surface area contributed by atoms with E-state index in [2.05, 4.69) is 22.5 Å². The lowest BCUT2D eigenvalue weighted by Gasteiger charge is -2.27. The van der Waals surface area contributed by atoms with Crippen molar-refractivity contribution < 1.29 is 13.2 Å². The Morgan fingerprint density at radius 2 is 1.87 bits per heavy atom. The molecule has 0 aliphatic heterocycles. The Hall–Kier alpha value is -2.93. The van der Waals surface area contributed by atoms with Crippen molar-refractivity contribution in [1.82, 2.24) is 9.78 Å². The molecular formula is C24H27N3O3S. The second-order valence-corrected chi connectivity index (χ2v) is 10.3. The molecule has 1 aliphatic rings. The molecule has 162 valence electrons. The molecule has 0 saturated carbocycles. The van der Waals surface area contributed by atoms with Gasteiger partial charge in [0.1, 0.15) is 5.82 Å². The van der Waals surface area contributed by atoms with Gasteiger partial charge < -0.3 is 5.32 Å². The predicted molar refractivity (Wildman–Crippen MR) is 121 cm³/mol. The highest BCUT2D eigenvalue weighted by Crippen LogP contribution is 2.35. The smallest absolute Gasteiger partial charge is 0.226 e. The highest BCUT2D eigenvalue weighted by Gasteiger charge is 2.25. The summed E-state index contributed by atoms with van der Waals surface area (Å²) in [5.74, 6) is 0.0745. The molecule has 3 aromatic rings. The standard InChI is InChI=1S/C24H27N3O3S/c1-17-10-12-20(13-11-17)31(29,30)15-14-23(28)26-24-18(2)16-25-27(24)22-9-5-7-19-6-3-4-8-21(19)22/h3-4,6,8,10-13,16,22H,5,7,9,14-15H2,1-2H3,(H,26,28). The highest BCUT2D eigenvalue weighted by atomic mass is 32.2. The molecule has 31 heavy (non-hydrogen) atoms. The molecule has 1 amide bonds. The number of aromatic nitrogens is 2. The molecular weight excluding hydrogens is 410 g/mol. The van der Waals surface area contributed by atoms with Gasteiger partial charge in [-0.05, 0) is 56.4 Å². The van der Waals surface area contributed by atoms with Gasteiger partial charge in [-0.2, -0.15) is 5.10 Å². The number of hydrogen-bond acceptors (Lipinski definition) is 4. The van der Waals surface area contributed by atoms with Gasteiger partial charge in [-0.25, -0.2) is 13.1 Å². The minimum atomic E-state index is -3.51. The molecule has 0 saturated heterocycles. The number of aryl methyl sites for hydroxylation is 3. The topological polar surface area (TPSA) is 81.1 Å². The summed E-state index contributed by atoms with van der Waals surface area (Å²) in [7, 11) is -3.51. The fraction of sp³-hybridized carbons (Fsp3) is 0.333. The number of carbonyl (C=O) groups is 1. The molecule has 0 spiro atoms. The second-order valence-electron chi connectivity index (χ2n) is 8.16. The zero-order chi connectivity index (χ0) is 22.0. The molecule has 1 unspecified atom stereocenters. The van der Waals surface area contributed by atoms with E-state index in [9.17, 15) is 13.2 Å². The Morgan fingerprint density at radius 1 is 1.13 bits per heavy atom. The molecule has 0 bridgehead atoms. The minimum Gasteiger partial charge on any atom is -0.311 e. The Bertz CT molecular complexity index is 1200. The number of hydrogen-bond donors (Lipinski definition) is 1. The number of benzene rings is 2. The molecule has 2 aromatic carbocycles. The Kier molecular flexibility index (Phi) is 5.96. The number of rotatable bonds is 6. The Balaban J connectivity index is 1.49. The van der Waals surface area contributed by atoms with Gasteiger partial charge in [-0.3, -0.25) is 4.79 Å². The van der Waals surface area contributed by atoms with Crippen LogP contribution in [0.15, 0.2) is 59.6 Å². The lowest BCUT2D eigenvalue weighted by atomic mass is 9.88. The van der Waals surface area contributed by atoms with Crippen LogP contribution in [-0.2, 0) is 21.1 Å². The van der Waals surface area contributed by atoms with Gasteiger partial charge in [0.25, 0.3) is 0 Å². The molecule has 7 heteroatoms. The predicted octanol–water partition coefficient (Wildman–Crippen LogP) is 4.23. The number of sulfone groups is 1. The summed E-state index contributed by atoms with van der Waals surface area (Å²) >= 11 is 0. The summed E-state index contributed by atoms with van der Waals surface area (Å²) in [6.07, 6.45) is 4.69. The quantitative estimate of drug-likeness (QED) is 0.626. The maximum absolute atomic E-state index is 12.7. The third-order valence-electron chi connectivity index (χ3n) is 5.85. The van der Waals surface area contributed by atoms with Crippen molar-refractivity contribution in [2.75, 3.05) is 11.1 Å². The zero-order valence-electron chi connectivity index (χ0n) is 17.8. The summed E-state index contributed by atoms with van der Waals surface area (Å²) < 4.78 is 27.0. The van der Waals surface area contributed by atoms with E-state index < -0.39 is 9.84 Å². The third-order valence-corrected chi connectivity index (χ3v) is 7.58. The van der Waals surface area contributed by atoms with Crippen LogP contribution in [-0.4, -0.2) is 29.9 Å². The number of nitrogens with zero attached hydrogens (tertiary/aromatic N) is 2. The van der Waals surface area contributed by atoms with Crippen molar-refractivity contribution in [2.24, 2.45) is 0 Å². The molecule has 1 aliphatic carbocycles. The fourth-order valence-corrected chi connectivity index (χ4v) is 5.35. The minimum absolute atomic E-state index is 0.0604. The van der Waals surface area contributed by atoms with Crippen molar-refractivity contribution in [2.45, 2.75) is 50.5 Å². The van der Waals surface area contributed by atoms with E-state index in [0.29, 0.717) is 5.82 Å². The van der Waals surface area contributed by atoms with Gasteiger partial charge in [0.15, 0.2) is 9.84 Å². The SMILES string of the molecule is Cc1ccc(S(=O)(=O)CCC(=O)Nc2c(C)cnn2C2CCCc3ccccc32)cc1. The van der Waals surface area contributed by atoms with Crippen LogP contribution in [0.3, 0.4) is 0 Å². The first-order valence-electron chi connectivity index (χ1n) is 10.6. The van der Waals surface area contributed by atoms with Crippen molar-refractivity contribution in [3.63, 3.8) is 0 Å². The van der Waals surface area contributed by atoms with E-state index in [0.717, 1.165) is 30.4 Å². The molecule has 4 rings (SSSR count). The summed E-state index contributed by atoms with van der Waals surface area (Å²) in [4.78, 5) is 12.9. The maximum Gasteiger partial charge on any atom is 0.226 e. The highest BCUT2D eigenvalue weighted by molar-refractivity contribution is 7.91. The normalized spacial score (nSPS) is 16.0. The van der Waals surface area contributed by atoms with Gasteiger partial charge in [0.05, 0.1) is 22.9 Å². The summed E-state index contributed by atoms with van der Waals surface area (Å²) in [5.41, 5.74) is 4.39. The van der Waals surface area contributed by atoms with Crippen LogP contribution in [0.5, 0.6) is 0 Å². The van der Waals surface area contributed by atoms with Crippen LogP contribution >= 0.6 is 0 Å². The lowest BCUT2D eigenvalue weighted by molar-refractivity contribution is -0.115. The number of amides is 1. The van der Waals surface area contributed by atoms with Crippen LogP contribution in [0, 0.1) is 13.8 Å². The Labute approximate surface area is 183 Å². The van der Waals surface area contributed by atoms with Gasteiger partial charge in [-0.15, -0.1) is 0 Å². The number of fused-ring (bicyclic) bond motifs is 1. The number of anilines is 1. The largest absolute Gasteiger partial charge is 0.311 e. The van der Waals surface area contributed by atoms with E-state index in [1.165, 1.54) is 11.1 Å². The van der Waals surface area contributed by atoms with Crippen LogP contribution in [0.1, 0.15) is 47.6 Å². The summed E-state index contributed by atoms with van der Waals surface area (Å²) in [5, 5.41) is 7.46. The fourth-order valence-electron chi connectivity index (χ4n) is 4.11. The summed E-state index contributed by atoms with van der Waals surface area (Å²) in [6.45, 7) is 3.80. The van der Waals surface area contributed by atoms with Crippen LogP contribution in [0.4, 0.5) is 5.82 Å². The van der Waals surface area contributed by atoms with E-state index >= 15 is 0 Å². The van der Waals surface area contributed by atoms with E-state index in [1.807, 2.05) is 30.7 Å². The molecule has 6 nitrogen and oxygen atoms in total. The molecule has 0 fully saturated rings. The molecule has 1 heterocycles. The van der Waals surface area contributed by atoms with Gasteiger partial charge >= 0.3 is 0 Å². The maximum atomic E-state index is 12.7. The number of nitrogens with one attached hydrogen (secondary N) is 1. The van der Waals surface area contributed by atoms with Gasteiger partial charge in [0, 0.05) is 12.0 Å². The van der Waals surface area contributed by atoms with E-state index in [-0.39, 0.29) is 29.0 Å². The first-order valence-corrected chi connectivity index (χ1v) is 12.2. The summed E-state index contributed by atoms with van der Waals surface area (Å²) in [6, 6.07) is 15.1. The van der Waals surface area contributed by atoms with Crippen LogP contribution in [0.2, 0.25) is 0 Å². The molecule has 1 N–H and O–H groups in total. The van der Waals surface area contributed by atoms with Crippen molar-refractivity contribution in [3.8, 4) is 0 Å². The molecule has 1 atom stereocenters. The van der Waals surface area contributed by atoms with E-state index in [1.54, 1.807) is 30.5 Å². The van der Waals surface area contributed by atoms with Crippen LogP contribution < -0.4 is 5.32 Å². The van der Waals surface area contributed by atoms with Gasteiger partial charge in [-0.1, -0.05) is 42.0 Å². The first-order chi connectivity index (χ1) is 14.8. The number of carbonyl (C=O) groups excluding carboxylic acids is 1. The van der Waals surface area contributed by atoms with Crippen molar-refractivity contribution in [1.29, 1.82) is 0 Å². The zero-order valence-corrected chi connectivity index (χ0v) is 18.7. The average Bonchev–Trinajstić information content (AvgIpc) is 3.12. The van der Waals surface area contributed by atoms with Crippen molar-refractivity contribution >= 4 is 21.6 Å². The lowest BCUT2D eigenvalue weighted by Crippen LogP contribution is -2.24. The molecule has 0 radical (unpaired) electrons. The molecule has 1 aromatic heterocycles. The third kappa shape index (κ3) is 4.56. The van der Waals surface area contributed by atoms with E-state index in [4.69, 9.17) is 0 Å². The second kappa shape index (κ2) is 8.67. The monoisotopic (exact) mass is 437 g/mol. The Morgan fingerprint density at radius 3 is 2.65 bits per heavy atom. The van der Waals surface area contributed by atoms with Gasteiger partial charge in [0.2, 0.25) is 5.91 Å². The average molecular weight is 438 g/mol.